The summed E-state index contributed by atoms with van der Waals surface area (Å²) in [6.07, 6.45) is 12.2. The summed E-state index contributed by atoms with van der Waals surface area (Å²) in [7, 11) is 0. The van der Waals surface area contributed by atoms with Gasteiger partial charge in [0, 0.05) is 40.2 Å². The number of hydrogen-bond donors (Lipinski definition) is 0. The van der Waals surface area contributed by atoms with E-state index in [0.29, 0.717) is 5.92 Å². The molecular weight excluding hydrogens is 597 g/mol. The molecule has 2 heterocycles. The molecule has 3 heteroatoms. The van der Waals surface area contributed by atoms with Crippen molar-refractivity contribution in [3.63, 3.8) is 0 Å². The largest absolute Gasteiger partial charge is 0.484 e. The van der Waals surface area contributed by atoms with Gasteiger partial charge in [0.25, 0.3) is 0 Å². The molecule has 2 unspecified atom stereocenters. The van der Waals surface area contributed by atoms with E-state index in [0.717, 1.165) is 38.7 Å². The molecule has 0 spiro atoms. The quantitative estimate of drug-likeness (QED) is 0.182. The van der Waals surface area contributed by atoms with E-state index in [2.05, 4.69) is 158 Å². The van der Waals surface area contributed by atoms with E-state index in [1.165, 1.54) is 49.7 Å². The van der Waals surface area contributed by atoms with Crippen LogP contribution in [0, 0.1) is 0 Å². The monoisotopic (exact) mass is 626 g/mol. The van der Waals surface area contributed by atoms with E-state index >= 15 is 0 Å². The molecule has 0 radical (unpaired) electrons. The second-order valence-corrected chi connectivity index (χ2v) is 12.9. The van der Waals surface area contributed by atoms with Gasteiger partial charge in [-0.2, -0.15) is 0 Å². The summed E-state index contributed by atoms with van der Waals surface area (Å²) in [5.74, 6) is 1.30. The normalized spacial score (nSPS) is 16.2. The predicted octanol–water partition coefficient (Wildman–Crippen LogP) is 11.6. The summed E-state index contributed by atoms with van der Waals surface area (Å²) < 4.78 is 6.42. The topological polar surface area (TPSA) is 35.0 Å². The Labute approximate surface area is 284 Å². The second kappa shape index (κ2) is 11.1. The SMILES string of the molecule is C1=CC2Oc3c(-c4ccc(-c5cccc(-c6ccc(-c7ccc8c9ccccc9c9nccnc9c8c7)cc6)c5)cc4)cccc3C2C=C1. The standard InChI is InChI=1S/C46H30N2O/c1-2-11-40-37(9-1)38-24-23-35(28-42(38)45-44(40)47-25-26-48-45)31-17-15-29(16-18-31)33-7-5-8-34(27-33)30-19-21-32(22-20-30)36-12-6-13-41-39-10-3-4-14-43(39)49-46(36)41/h1-28,39,43H. The molecule has 0 fully saturated rings. The second-order valence-electron chi connectivity index (χ2n) is 12.9. The molecular formula is C46H30N2O. The van der Waals surface area contributed by atoms with Crippen molar-refractivity contribution in [3.05, 3.63) is 176 Å². The van der Waals surface area contributed by atoms with Gasteiger partial charge in [0.1, 0.15) is 11.9 Å². The van der Waals surface area contributed by atoms with Crippen molar-refractivity contribution >= 4 is 32.6 Å². The zero-order valence-corrected chi connectivity index (χ0v) is 26.6. The number of fused-ring (bicyclic) bond motifs is 9. The molecule has 1 aliphatic heterocycles. The molecule has 3 nitrogen and oxygen atoms in total. The molecule has 49 heavy (non-hydrogen) atoms. The van der Waals surface area contributed by atoms with Crippen LogP contribution in [0.4, 0.5) is 0 Å². The van der Waals surface area contributed by atoms with Gasteiger partial charge < -0.3 is 4.74 Å². The van der Waals surface area contributed by atoms with Crippen molar-refractivity contribution in [3.8, 4) is 50.3 Å². The molecule has 7 aromatic carbocycles. The summed E-state index contributed by atoms with van der Waals surface area (Å²) in [6.45, 7) is 0. The molecule has 0 saturated carbocycles. The number of para-hydroxylation sites is 1. The van der Waals surface area contributed by atoms with Crippen molar-refractivity contribution < 1.29 is 4.74 Å². The lowest BCUT2D eigenvalue weighted by atomic mass is 9.90. The summed E-state index contributed by atoms with van der Waals surface area (Å²) in [5, 5.41) is 4.66. The number of allylic oxidation sites excluding steroid dienone is 2. The molecule has 230 valence electrons. The first-order valence-corrected chi connectivity index (χ1v) is 16.8. The zero-order valence-electron chi connectivity index (χ0n) is 26.6. The average molecular weight is 627 g/mol. The third-order valence-electron chi connectivity index (χ3n) is 10.1. The van der Waals surface area contributed by atoms with E-state index < -0.39 is 0 Å². The first kappa shape index (κ1) is 27.8. The molecule has 2 atom stereocenters. The van der Waals surface area contributed by atoms with Gasteiger partial charge in [-0.25, -0.2) is 0 Å². The van der Waals surface area contributed by atoms with E-state index in [-0.39, 0.29) is 6.10 Å². The minimum atomic E-state index is 0.0840. The first-order valence-electron chi connectivity index (χ1n) is 16.8. The van der Waals surface area contributed by atoms with Crippen molar-refractivity contribution in [1.82, 2.24) is 9.97 Å². The Hall–Kier alpha value is -6.32. The van der Waals surface area contributed by atoms with Crippen molar-refractivity contribution in [2.45, 2.75) is 12.0 Å². The van der Waals surface area contributed by atoms with Gasteiger partial charge in [-0.3, -0.25) is 9.97 Å². The fraction of sp³-hybridized carbons (Fsp3) is 0.0435. The van der Waals surface area contributed by atoms with Crippen LogP contribution in [0.5, 0.6) is 5.75 Å². The van der Waals surface area contributed by atoms with Crippen LogP contribution in [0.3, 0.4) is 0 Å². The smallest absolute Gasteiger partial charge is 0.132 e. The fourth-order valence-corrected chi connectivity index (χ4v) is 7.68. The third kappa shape index (κ3) is 4.58. The van der Waals surface area contributed by atoms with Crippen LogP contribution in [-0.4, -0.2) is 16.1 Å². The maximum absolute atomic E-state index is 6.42. The van der Waals surface area contributed by atoms with Crippen molar-refractivity contribution in [2.75, 3.05) is 0 Å². The zero-order chi connectivity index (χ0) is 32.3. The average Bonchev–Trinajstić information content (AvgIpc) is 3.57. The number of ether oxygens (including phenoxy) is 1. The number of benzene rings is 7. The van der Waals surface area contributed by atoms with Gasteiger partial charge >= 0.3 is 0 Å². The Morgan fingerprint density at radius 2 is 1.00 bits per heavy atom. The van der Waals surface area contributed by atoms with Crippen LogP contribution in [-0.2, 0) is 0 Å². The van der Waals surface area contributed by atoms with Crippen LogP contribution in [0.15, 0.2) is 170 Å². The predicted molar refractivity (Wildman–Crippen MR) is 202 cm³/mol. The van der Waals surface area contributed by atoms with Crippen molar-refractivity contribution in [2.24, 2.45) is 0 Å². The molecule has 8 aromatic rings. The minimum Gasteiger partial charge on any atom is -0.484 e. The molecule has 0 N–H and O–H groups in total. The maximum atomic E-state index is 6.42. The number of rotatable bonds is 4. The van der Waals surface area contributed by atoms with Gasteiger partial charge in [0.2, 0.25) is 0 Å². The van der Waals surface area contributed by atoms with Crippen molar-refractivity contribution in [1.29, 1.82) is 0 Å². The summed E-state index contributed by atoms with van der Waals surface area (Å²) in [5.41, 5.74) is 12.6. The Bertz CT molecular complexity index is 2600. The maximum Gasteiger partial charge on any atom is 0.132 e. The highest BCUT2D eigenvalue weighted by molar-refractivity contribution is 6.23. The van der Waals surface area contributed by atoms with Gasteiger partial charge in [-0.05, 0) is 67.9 Å². The van der Waals surface area contributed by atoms with E-state index in [1.54, 1.807) is 12.4 Å². The highest BCUT2D eigenvalue weighted by Gasteiger charge is 2.33. The summed E-state index contributed by atoms with van der Waals surface area (Å²) >= 11 is 0. The number of hydrogen-bond acceptors (Lipinski definition) is 3. The third-order valence-corrected chi connectivity index (χ3v) is 10.1. The van der Waals surface area contributed by atoms with Gasteiger partial charge in [-0.15, -0.1) is 0 Å². The Morgan fingerprint density at radius 3 is 1.73 bits per heavy atom. The van der Waals surface area contributed by atoms with E-state index in [9.17, 15) is 0 Å². The molecule has 0 saturated heterocycles. The summed E-state index contributed by atoms with van der Waals surface area (Å²) in [4.78, 5) is 9.46. The van der Waals surface area contributed by atoms with E-state index in [1.807, 2.05) is 0 Å². The molecule has 0 amide bonds. The first-order chi connectivity index (χ1) is 24.3. The minimum absolute atomic E-state index is 0.0840. The lowest BCUT2D eigenvalue weighted by molar-refractivity contribution is 0.270. The molecule has 1 aromatic heterocycles. The fourth-order valence-electron chi connectivity index (χ4n) is 7.68. The van der Waals surface area contributed by atoms with E-state index in [4.69, 9.17) is 14.7 Å². The lowest BCUT2D eigenvalue weighted by Gasteiger charge is -2.14. The van der Waals surface area contributed by atoms with Gasteiger partial charge in [0.05, 0.1) is 11.0 Å². The van der Waals surface area contributed by atoms with Crippen LogP contribution >= 0.6 is 0 Å². The van der Waals surface area contributed by atoms with Crippen LogP contribution < -0.4 is 4.74 Å². The highest BCUT2D eigenvalue weighted by atomic mass is 16.5. The Balaban J connectivity index is 0.945. The number of nitrogens with zero attached hydrogens (tertiary/aromatic N) is 2. The Kier molecular flexibility index (Phi) is 6.31. The van der Waals surface area contributed by atoms with Gasteiger partial charge in [0.15, 0.2) is 0 Å². The van der Waals surface area contributed by atoms with Crippen LogP contribution in [0.25, 0.3) is 77.1 Å². The molecule has 2 aliphatic rings. The molecule has 10 rings (SSSR count). The highest BCUT2D eigenvalue weighted by Crippen LogP contribution is 2.46. The molecule has 1 aliphatic carbocycles. The number of aromatic nitrogens is 2. The van der Waals surface area contributed by atoms with Gasteiger partial charge in [-0.1, -0.05) is 140 Å². The summed E-state index contributed by atoms with van der Waals surface area (Å²) in [6, 6.07) is 48.2. The lowest BCUT2D eigenvalue weighted by Crippen LogP contribution is -2.15. The Morgan fingerprint density at radius 1 is 0.429 bits per heavy atom. The van der Waals surface area contributed by atoms with Crippen LogP contribution in [0.1, 0.15) is 11.5 Å². The van der Waals surface area contributed by atoms with Crippen LogP contribution in [0.2, 0.25) is 0 Å². The molecule has 0 bridgehead atoms.